The number of benzene rings is 2. The molecule has 8 heteroatoms. The Bertz CT molecular complexity index is 707. The maximum Gasteiger partial charge on any atom is 0.315 e. The SMILES string of the molecule is CNc1cccc(Nc2cc(F)cc(F)c2F)c1[N+](=O)[O-]. The van der Waals surface area contributed by atoms with Gasteiger partial charge in [0.1, 0.15) is 17.2 Å². The van der Waals surface area contributed by atoms with Gasteiger partial charge in [-0.15, -0.1) is 0 Å². The molecule has 0 bridgehead atoms. The van der Waals surface area contributed by atoms with Crippen molar-refractivity contribution in [3.05, 3.63) is 57.9 Å². The van der Waals surface area contributed by atoms with E-state index in [1.807, 2.05) is 0 Å². The summed E-state index contributed by atoms with van der Waals surface area (Å²) in [5.74, 6) is -3.70. The number of hydrogen-bond donors (Lipinski definition) is 2. The maximum atomic E-state index is 13.6. The molecule has 2 N–H and O–H groups in total. The zero-order chi connectivity index (χ0) is 15.6. The highest BCUT2D eigenvalue weighted by Crippen LogP contribution is 2.35. The molecule has 2 aromatic carbocycles. The summed E-state index contributed by atoms with van der Waals surface area (Å²) in [7, 11) is 1.48. The van der Waals surface area contributed by atoms with Gasteiger partial charge >= 0.3 is 5.69 Å². The summed E-state index contributed by atoms with van der Waals surface area (Å²) < 4.78 is 39.9. The number of nitrogens with one attached hydrogen (secondary N) is 2. The van der Waals surface area contributed by atoms with E-state index in [1.54, 1.807) is 0 Å². The third-order valence-corrected chi connectivity index (χ3v) is 2.75. The minimum Gasteiger partial charge on any atom is -0.382 e. The van der Waals surface area contributed by atoms with Crippen LogP contribution >= 0.6 is 0 Å². The van der Waals surface area contributed by atoms with Crippen LogP contribution in [0.4, 0.5) is 35.9 Å². The summed E-state index contributed by atoms with van der Waals surface area (Å²) in [6, 6.07) is 5.34. The molecule has 0 aliphatic carbocycles. The fourth-order valence-electron chi connectivity index (χ4n) is 1.83. The second-order valence-electron chi connectivity index (χ2n) is 4.08. The van der Waals surface area contributed by atoms with E-state index in [0.717, 1.165) is 0 Å². The van der Waals surface area contributed by atoms with E-state index in [-0.39, 0.29) is 17.1 Å². The van der Waals surface area contributed by atoms with Gasteiger partial charge in [-0.1, -0.05) is 6.07 Å². The summed E-state index contributed by atoms with van der Waals surface area (Å²) in [5.41, 5.74) is -0.786. The van der Waals surface area contributed by atoms with Gasteiger partial charge in [-0.3, -0.25) is 10.1 Å². The standard InChI is InChI=1S/C13H10F3N3O2/c1-17-9-3-2-4-10(13(9)19(20)21)18-11-6-7(14)5-8(15)12(11)16/h2-6,17-18H,1H3. The van der Waals surface area contributed by atoms with Crippen molar-refractivity contribution in [2.24, 2.45) is 0 Å². The summed E-state index contributed by atoms with van der Waals surface area (Å²) in [6.45, 7) is 0. The van der Waals surface area contributed by atoms with Crippen molar-refractivity contribution < 1.29 is 18.1 Å². The van der Waals surface area contributed by atoms with Gasteiger partial charge in [-0.25, -0.2) is 13.2 Å². The van der Waals surface area contributed by atoms with E-state index in [4.69, 9.17) is 0 Å². The van der Waals surface area contributed by atoms with Gasteiger partial charge in [0.05, 0.1) is 10.6 Å². The van der Waals surface area contributed by atoms with Gasteiger partial charge in [0.2, 0.25) is 0 Å². The van der Waals surface area contributed by atoms with Crippen molar-refractivity contribution in [1.82, 2.24) is 0 Å². The van der Waals surface area contributed by atoms with Crippen molar-refractivity contribution in [2.75, 3.05) is 17.7 Å². The van der Waals surface area contributed by atoms with Crippen LogP contribution in [0.5, 0.6) is 0 Å². The Morgan fingerprint density at radius 2 is 1.76 bits per heavy atom. The predicted octanol–water partition coefficient (Wildman–Crippen LogP) is 3.80. The van der Waals surface area contributed by atoms with Crippen LogP contribution in [-0.4, -0.2) is 12.0 Å². The zero-order valence-electron chi connectivity index (χ0n) is 10.8. The van der Waals surface area contributed by atoms with Crippen LogP contribution < -0.4 is 10.6 Å². The predicted molar refractivity (Wildman–Crippen MR) is 72.2 cm³/mol. The second kappa shape index (κ2) is 5.70. The maximum absolute atomic E-state index is 13.6. The molecule has 0 spiro atoms. The van der Waals surface area contributed by atoms with Crippen molar-refractivity contribution in [3.8, 4) is 0 Å². The van der Waals surface area contributed by atoms with Crippen LogP contribution in [0, 0.1) is 27.6 Å². The highest BCUT2D eigenvalue weighted by atomic mass is 19.2. The Morgan fingerprint density at radius 3 is 2.38 bits per heavy atom. The average molecular weight is 297 g/mol. The van der Waals surface area contributed by atoms with Crippen molar-refractivity contribution in [1.29, 1.82) is 0 Å². The van der Waals surface area contributed by atoms with Gasteiger partial charge in [-0.05, 0) is 12.1 Å². The van der Waals surface area contributed by atoms with Gasteiger partial charge in [-0.2, -0.15) is 0 Å². The highest BCUT2D eigenvalue weighted by Gasteiger charge is 2.21. The number of halogens is 3. The zero-order valence-corrected chi connectivity index (χ0v) is 10.8. The van der Waals surface area contributed by atoms with Crippen LogP contribution in [0.15, 0.2) is 30.3 Å². The summed E-state index contributed by atoms with van der Waals surface area (Å²) in [6.07, 6.45) is 0. The summed E-state index contributed by atoms with van der Waals surface area (Å²) in [4.78, 5) is 10.4. The number of rotatable bonds is 4. The minimum atomic E-state index is -1.38. The van der Waals surface area contributed by atoms with Crippen LogP contribution in [0.25, 0.3) is 0 Å². The first-order valence-electron chi connectivity index (χ1n) is 5.80. The topological polar surface area (TPSA) is 67.2 Å². The molecule has 0 aliphatic rings. The Kier molecular flexibility index (Phi) is 3.97. The summed E-state index contributed by atoms with van der Waals surface area (Å²) in [5, 5.41) is 16.1. The fourth-order valence-corrected chi connectivity index (χ4v) is 1.83. The Balaban J connectivity index is 2.52. The van der Waals surface area contributed by atoms with Crippen molar-refractivity contribution >= 4 is 22.7 Å². The molecule has 2 aromatic rings. The lowest BCUT2D eigenvalue weighted by Gasteiger charge is -2.11. The first kappa shape index (κ1) is 14.6. The monoisotopic (exact) mass is 297 g/mol. The van der Waals surface area contributed by atoms with E-state index in [2.05, 4.69) is 10.6 Å². The molecule has 0 saturated heterocycles. The first-order valence-corrected chi connectivity index (χ1v) is 5.80. The van der Waals surface area contributed by atoms with Crippen LogP contribution in [0.3, 0.4) is 0 Å². The van der Waals surface area contributed by atoms with E-state index in [1.165, 1.54) is 25.2 Å². The van der Waals surface area contributed by atoms with E-state index in [0.29, 0.717) is 12.1 Å². The van der Waals surface area contributed by atoms with Gasteiger partial charge in [0, 0.05) is 19.2 Å². The normalized spacial score (nSPS) is 10.3. The van der Waals surface area contributed by atoms with Crippen LogP contribution in [0.1, 0.15) is 0 Å². The molecule has 21 heavy (non-hydrogen) atoms. The molecule has 0 atom stereocenters. The van der Waals surface area contributed by atoms with E-state index < -0.39 is 28.1 Å². The number of anilines is 3. The van der Waals surface area contributed by atoms with Crippen molar-refractivity contribution in [3.63, 3.8) is 0 Å². The third kappa shape index (κ3) is 2.88. The Morgan fingerprint density at radius 1 is 1.10 bits per heavy atom. The number of nitro groups is 1. The largest absolute Gasteiger partial charge is 0.382 e. The lowest BCUT2D eigenvalue weighted by atomic mass is 10.2. The molecule has 0 fully saturated rings. The van der Waals surface area contributed by atoms with E-state index >= 15 is 0 Å². The van der Waals surface area contributed by atoms with Gasteiger partial charge in [0.15, 0.2) is 11.6 Å². The Labute approximate surface area is 117 Å². The molecule has 110 valence electrons. The molecule has 0 aromatic heterocycles. The molecule has 0 saturated carbocycles. The molecule has 0 radical (unpaired) electrons. The molecule has 0 amide bonds. The average Bonchev–Trinajstić information content (AvgIpc) is 2.43. The lowest BCUT2D eigenvalue weighted by Crippen LogP contribution is -2.03. The molecule has 0 aliphatic heterocycles. The molecule has 0 heterocycles. The van der Waals surface area contributed by atoms with Crippen molar-refractivity contribution in [2.45, 2.75) is 0 Å². The molecule has 5 nitrogen and oxygen atoms in total. The number of para-hydroxylation sites is 1. The van der Waals surface area contributed by atoms with E-state index in [9.17, 15) is 23.3 Å². The second-order valence-corrected chi connectivity index (χ2v) is 4.08. The first-order chi connectivity index (χ1) is 9.93. The number of nitrogens with zero attached hydrogens (tertiary/aromatic N) is 1. The fraction of sp³-hybridized carbons (Fsp3) is 0.0769. The lowest BCUT2D eigenvalue weighted by molar-refractivity contribution is -0.383. The summed E-state index contributed by atoms with van der Waals surface area (Å²) >= 11 is 0. The van der Waals surface area contributed by atoms with Crippen LogP contribution in [-0.2, 0) is 0 Å². The van der Waals surface area contributed by atoms with Gasteiger partial charge < -0.3 is 10.6 Å². The number of nitro benzene ring substituents is 1. The molecular weight excluding hydrogens is 287 g/mol. The van der Waals surface area contributed by atoms with Gasteiger partial charge in [0.25, 0.3) is 0 Å². The highest BCUT2D eigenvalue weighted by molar-refractivity contribution is 5.79. The smallest absolute Gasteiger partial charge is 0.315 e. The quantitative estimate of drug-likeness (QED) is 0.512. The molecule has 0 unspecified atom stereocenters. The number of hydrogen-bond acceptors (Lipinski definition) is 4. The Hall–Kier alpha value is -2.77. The molecular formula is C13H10F3N3O2. The minimum absolute atomic E-state index is 0.0873. The molecule has 2 rings (SSSR count). The third-order valence-electron chi connectivity index (χ3n) is 2.75. The van der Waals surface area contributed by atoms with Crippen LogP contribution in [0.2, 0.25) is 0 Å².